The third kappa shape index (κ3) is 2.76. The fourth-order valence-corrected chi connectivity index (χ4v) is 2.81. The molecule has 18 heavy (non-hydrogen) atoms. The van der Waals surface area contributed by atoms with Crippen LogP contribution in [0.1, 0.15) is 18.9 Å². The maximum atomic E-state index is 12.9. The summed E-state index contributed by atoms with van der Waals surface area (Å²) < 4.78 is 12.9. The van der Waals surface area contributed by atoms with Crippen LogP contribution >= 0.6 is 11.3 Å². The molecule has 0 aliphatic carbocycles. The van der Waals surface area contributed by atoms with Gasteiger partial charge in [0.1, 0.15) is 10.8 Å². The highest BCUT2D eigenvalue weighted by Crippen LogP contribution is 2.29. The van der Waals surface area contributed by atoms with Gasteiger partial charge >= 0.3 is 0 Å². The van der Waals surface area contributed by atoms with E-state index in [1.54, 1.807) is 23.5 Å². The molecule has 1 N–H and O–H groups in total. The fraction of sp³-hybridized carbons (Fsp3) is 0.357. The minimum Gasteiger partial charge on any atom is -0.319 e. The first kappa shape index (κ1) is 13.2. The third-order valence-corrected chi connectivity index (χ3v) is 4.05. The van der Waals surface area contributed by atoms with Gasteiger partial charge in [0.2, 0.25) is 0 Å². The predicted octanol–water partition coefficient (Wildman–Crippen LogP) is 3.45. The summed E-state index contributed by atoms with van der Waals surface area (Å²) in [7, 11) is 1.94. The standard InChI is InChI=1S/C14H17FN2S/c1-14(2,9-16-3)13-17-12(8-18-13)10-4-6-11(15)7-5-10/h4-8,16H,9H2,1-3H3. The molecule has 2 nitrogen and oxygen atoms in total. The molecule has 2 aromatic rings. The molecule has 0 amide bonds. The topological polar surface area (TPSA) is 24.9 Å². The van der Waals surface area contributed by atoms with Gasteiger partial charge in [0.05, 0.1) is 5.69 Å². The van der Waals surface area contributed by atoms with Gasteiger partial charge < -0.3 is 5.32 Å². The van der Waals surface area contributed by atoms with Crippen molar-refractivity contribution in [2.45, 2.75) is 19.3 Å². The lowest BCUT2D eigenvalue weighted by molar-refractivity contribution is 0.491. The number of thiazole rings is 1. The number of halogens is 1. The van der Waals surface area contributed by atoms with Gasteiger partial charge in [-0.2, -0.15) is 0 Å². The van der Waals surface area contributed by atoms with Gasteiger partial charge in [-0.25, -0.2) is 9.37 Å². The van der Waals surface area contributed by atoms with Crippen LogP contribution in [0.2, 0.25) is 0 Å². The Balaban J connectivity index is 2.28. The van der Waals surface area contributed by atoms with Crippen LogP contribution in [0.3, 0.4) is 0 Å². The van der Waals surface area contributed by atoms with Crippen molar-refractivity contribution in [1.29, 1.82) is 0 Å². The van der Waals surface area contributed by atoms with E-state index < -0.39 is 0 Å². The summed E-state index contributed by atoms with van der Waals surface area (Å²) in [6.07, 6.45) is 0. The maximum absolute atomic E-state index is 12.9. The Morgan fingerprint density at radius 1 is 1.28 bits per heavy atom. The number of rotatable bonds is 4. The van der Waals surface area contributed by atoms with E-state index >= 15 is 0 Å². The Labute approximate surface area is 111 Å². The molecular weight excluding hydrogens is 247 g/mol. The van der Waals surface area contributed by atoms with Crippen LogP contribution in [0, 0.1) is 5.82 Å². The highest BCUT2D eigenvalue weighted by molar-refractivity contribution is 7.10. The van der Waals surface area contributed by atoms with Crippen LogP contribution < -0.4 is 5.32 Å². The summed E-state index contributed by atoms with van der Waals surface area (Å²) in [4.78, 5) is 4.66. The Kier molecular flexibility index (Phi) is 3.78. The number of likely N-dealkylation sites (N-methyl/N-ethyl adjacent to an activating group) is 1. The second-order valence-corrected chi connectivity index (χ2v) is 5.82. The molecule has 0 saturated heterocycles. The Morgan fingerprint density at radius 2 is 1.94 bits per heavy atom. The van der Waals surface area contributed by atoms with Crippen LogP contribution in [0.15, 0.2) is 29.6 Å². The quantitative estimate of drug-likeness (QED) is 0.915. The smallest absolute Gasteiger partial charge is 0.123 e. The lowest BCUT2D eigenvalue weighted by Gasteiger charge is -2.20. The zero-order chi connectivity index (χ0) is 13.2. The van der Waals surface area contributed by atoms with E-state index in [0.29, 0.717) is 0 Å². The van der Waals surface area contributed by atoms with Crippen molar-refractivity contribution in [2.24, 2.45) is 0 Å². The summed E-state index contributed by atoms with van der Waals surface area (Å²) in [6, 6.07) is 6.46. The summed E-state index contributed by atoms with van der Waals surface area (Å²) >= 11 is 1.65. The van der Waals surface area contributed by atoms with E-state index in [9.17, 15) is 4.39 Å². The van der Waals surface area contributed by atoms with Crippen molar-refractivity contribution in [2.75, 3.05) is 13.6 Å². The molecule has 4 heteroatoms. The number of benzene rings is 1. The molecule has 0 bridgehead atoms. The highest BCUT2D eigenvalue weighted by atomic mass is 32.1. The number of hydrogen-bond donors (Lipinski definition) is 1. The number of nitrogens with zero attached hydrogens (tertiary/aromatic N) is 1. The summed E-state index contributed by atoms with van der Waals surface area (Å²) in [5, 5.41) is 6.30. The monoisotopic (exact) mass is 264 g/mol. The average molecular weight is 264 g/mol. The first-order chi connectivity index (χ1) is 8.53. The van der Waals surface area contributed by atoms with Gasteiger partial charge in [-0.1, -0.05) is 13.8 Å². The van der Waals surface area contributed by atoms with Gasteiger partial charge in [-0.05, 0) is 31.3 Å². The molecular formula is C14H17FN2S. The van der Waals surface area contributed by atoms with Crippen molar-refractivity contribution >= 4 is 11.3 Å². The van der Waals surface area contributed by atoms with Gasteiger partial charge in [-0.15, -0.1) is 11.3 Å². The zero-order valence-corrected chi connectivity index (χ0v) is 11.6. The first-order valence-corrected chi connectivity index (χ1v) is 6.77. The second-order valence-electron chi connectivity index (χ2n) is 4.96. The van der Waals surface area contributed by atoms with Crippen molar-refractivity contribution < 1.29 is 4.39 Å². The van der Waals surface area contributed by atoms with Crippen LogP contribution in [0.25, 0.3) is 11.3 Å². The maximum Gasteiger partial charge on any atom is 0.123 e. The summed E-state index contributed by atoms with van der Waals surface area (Å²) in [5.74, 6) is -0.218. The molecule has 0 fully saturated rings. The molecule has 0 saturated carbocycles. The van der Waals surface area contributed by atoms with E-state index in [4.69, 9.17) is 0 Å². The van der Waals surface area contributed by atoms with Gasteiger partial charge in [0, 0.05) is 22.9 Å². The largest absolute Gasteiger partial charge is 0.319 e. The van der Waals surface area contributed by atoms with Crippen molar-refractivity contribution in [3.05, 3.63) is 40.5 Å². The number of nitrogens with one attached hydrogen (secondary N) is 1. The lowest BCUT2D eigenvalue weighted by atomic mass is 9.94. The van der Waals surface area contributed by atoms with Gasteiger partial charge in [0.15, 0.2) is 0 Å². The summed E-state index contributed by atoms with van der Waals surface area (Å²) in [5.41, 5.74) is 1.89. The first-order valence-electron chi connectivity index (χ1n) is 5.89. The summed E-state index contributed by atoms with van der Waals surface area (Å²) in [6.45, 7) is 5.21. The molecule has 2 rings (SSSR count). The van der Waals surface area contributed by atoms with Crippen molar-refractivity contribution in [3.63, 3.8) is 0 Å². The molecule has 0 atom stereocenters. The SMILES string of the molecule is CNCC(C)(C)c1nc(-c2ccc(F)cc2)cs1. The Morgan fingerprint density at radius 3 is 2.56 bits per heavy atom. The van der Waals surface area contributed by atoms with Crippen LogP contribution in [-0.4, -0.2) is 18.6 Å². The molecule has 0 aliphatic rings. The van der Waals surface area contributed by atoms with E-state index in [1.165, 1.54) is 12.1 Å². The normalized spacial score (nSPS) is 11.8. The van der Waals surface area contributed by atoms with E-state index in [1.807, 2.05) is 12.4 Å². The van der Waals surface area contributed by atoms with Crippen molar-refractivity contribution in [3.8, 4) is 11.3 Å². The van der Waals surface area contributed by atoms with Crippen LogP contribution in [0.5, 0.6) is 0 Å². The Hall–Kier alpha value is -1.26. The molecule has 0 spiro atoms. The zero-order valence-electron chi connectivity index (χ0n) is 10.8. The van der Waals surface area contributed by atoms with Crippen LogP contribution in [-0.2, 0) is 5.41 Å². The number of aromatic nitrogens is 1. The molecule has 0 unspecified atom stereocenters. The fourth-order valence-electron chi connectivity index (χ4n) is 1.86. The highest BCUT2D eigenvalue weighted by Gasteiger charge is 2.23. The van der Waals surface area contributed by atoms with Crippen LogP contribution in [0.4, 0.5) is 4.39 Å². The van der Waals surface area contributed by atoms with Crippen molar-refractivity contribution in [1.82, 2.24) is 10.3 Å². The minimum atomic E-state index is -0.218. The lowest BCUT2D eigenvalue weighted by Crippen LogP contribution is -2.30. The van der Waals surface area contributed by atoms with E-state index in [2.05, 4.69) is 24.1 Å². The average Bonchev–Trinajstić information content (AvgIpc) is 2.80. The van der Waals surface area contributed by atoms with Gasteiger partial charge in [-0.3, -0.25) is 0 Å². The van der Waals surface area contributed by atoms with Gasteiger partial charge in [0.25, 0.3) is 0 Å². The molecule has 96 valence electrons. The molecule has 0 aliphatic heterocycles. The third-order valence-electron chi connectivity index (χ3n) is 2.84. The molecule has 1 heterocycles. The number of hydrogen-bond acceptors (Lipinski definition) is 3. The Bertz CT molecular complexity index is 517. The molecule has 1 aromatic heterocycles. The second kappa shape index (κ2) is 5.16. The predicted molar refractivity (Wildman–Crippen MR) is 74.5 cm³/mol. The molecule has 0 radical (unpaired) electrons. The van der Waals surface area contributed by atoms with E-state index in [-0.39, 0.29) is 11.2 Å². The minimum absolute atomic E-state index is 0.0116. The van der Waals surface area contributed by atoms with E-state index in [0.717, 1.165) is 22.8 Å². The molecule has 1 aromatic carbocycles.